The van der Waals surface area contributed by atoms with Gasteiger partial charge in [-0.3, -0.25) is 4.79 Å². The highest BCUT2D eigenvalue weighted by atomic mass is 79.9. The Hall–Kier alpha value is -1.79. The number of carbonyl (C=O) groups is 1. The standard InChI is InChI=1S/C18H19BrF2N2O/c1-11(13-3-5-14(19)6-4-13)23-18(24)10-22-12(2)16-8-7-15(20)9-17(16)21/h3-9,11-12,22H,10H2,1-2H3,(H,23,24)/t11-,12-/m0/s1. The summed E-state index contributed by atoms with van der Waals surface area (Å²) >= 11 is 3.37. The lowest BCUT2D eigenvalue weighted by molar-refractivity contribution is -0.121. The Morgan fingerprint density at radius 1 is 1.08 bits per heavy atom. The van der Waals surface area contributed by atoms with E-state index in [0.717, 1.165) is 16.1 Å². The van der Waals surface area contributed by atoms with Crippen LogP contribution in [0.15, 0.2) is 46.9 Å². The molecule has 128 valence electrons. The van der Waals surface area contributed by atoms with E-state index < -0.39 is 17.7 Å². The van der Waals surface area contributed by atoms with Crippen molar-refractivity contribution in [1.29, 1.82) is 0 Å². The summed E-state index contributed by atoms with van der Waals surface area (Å²) in [6.07, 6.45) is 0. The van der Waals surface area contributed by atoms with Gasteiger partial charge in [0.2, 0.25) is 5.91 Å². The minimum Gasteiger partial charge on any atom is -0.348 e. The van der Waals surface area contributed by atoms with Crippen LogP contribution in [0.4, 0.5) is 8.78 Å². The summed E-state index contributed by atoms with van der Waals surface area (Å²) in [6, 6.07) is 10.6. The number of rotatable bonds is 6. The predicted octanol–water partition coefficient (Wildman–Crippen LogP) is 4.26. The second-order valence-electron chi connectivity index (χ2n) is 5.61. The van der Waals surface area contributed by atoms with Crippen LogP contribution >= 0.6 is 15.9 Å². The van der Waals surface area contributed by atoms with E-state index >= 15 is 0 Å². The van der Waals surface area contributed by atoms with Crippen molar-refractivity contribution in [3.63, 3.8) is 0 Å². The second kappa shape index (κ2) is 8.35. The van der Waals surface area contributed by atoms with Gasteiger partial charge in [-0.05, 0) is 37.6 Å². The maximum Gasteiger partial charge on any atom is 0.234 e. The molecule has 0 bridgehead atoms. The number of carbonyl (C=O) groups excluding carboxylic acids is 1. The molecule has 2 aromatic rings. The number of benzene rings is 2. The van der Waals surface area contributed by atoms with E-state index in [-0.39, 0.29) is 18.5 Å². The van der Waals surface area contributed by atoms with Crippen LogP contribution in [0.25, 0.3) is 0 Å². The fourth-order valence-corrected chi connectivity index (χ4v) is 2.60. The van der Waals surface area contributed by atoms with Gasteiger partial charge in [0.25, 0.3) is 0 Å². The van der Waals surface area contributed by atoms with Crippen LogP contribution in [-0.4, -0.2) is 12.5 Å². The van der Waals surface area contributed by atoms with Gasteiger partial charge >= 0.3 is 0 Å². The highest BCUT2D eigenvalue weighted by Gasteiger charge is 2.14. The Bertz CT molecular complexity index is 707. The fraction of sp³-hybridized carbons (Fsp3) is 0.278. The first kappa shape index (κ1) is 18.5. The van der Waals surface area contributed by atoms with Crippen molar-refractivity contribution in [1.82, 2.24) is 10.6 Å². The summed E-state index contributed by atoms with van der Waals surface area (Å²) in [5.74, 6) is -1.44. The van der Waals surface area contributed by atoms with Crippen LogP contribution in [0.5, 0.6) is 0 Å². The highest BCUT2D eigenvalue weighted by molar-refractivity contribution is 9.10. The minimum atomic E-state index is -0.626. The van der Waals surface area contributed by atoms with Gasteiger partial charge < -0.3 is 10.6 Å². The predicted molar refractivity (Wildman–Crippen MR) is 93.5 cm³/mol. The highest BCUT2D eigenvalue weighted by Crippen LogP contribution is 2.18. The first-order valence-corrected chi connectivity index (χ1v) is 8.39. The summed E-state index contributed by atoms with van der Waals surface area (Å²) < 4.78 is 27.6. The van der Waals surface area contributed by atoms with Crippen LogP contribution in [0, 0.1) is 11.6 Å². The average molecular weight is 397 g/mol. The Balaban J connectivity index is 1.87. The van der Waals surface area contributed by atoms with Crippen molar-refractivity contribution in [2.75, 3.05) is 6.54 Å². The Morgan fingerprint density at radius 3 is 2.38 bits per heavy atom. The smallest absolute Gasteiger partial charge is 0.234 e. The molecule has 0 spiro atoms. The molecule has 6 heteroatoms. The molecule has 2 atom stereocenters. The quantitative estimate of drug-likeness (QED) is 0.765. The summed E-state index contributed by atoms with van der Waals surface area (Å²) in [7, 11) is 0. The number of hydrogen-bond acceptors (Lipinski definition) is 2. The molecule has 3 nitrogen and oxygen atoms in total. The topological polar surface area (TPSA) is 41.1 Å². The molecular weight excluding hydrogens is 378 g/mol. The van der Waals surface area contributed by atoms with E-state index in [1.165, 1.54) is 12.1 Å². The van der Waals surface area contributed by atoms with E-state index in [1.54, 1.807) is 6.92 Å². The third-order valence-corrected chi connectivity index (χ3v) is 4.27. The van der Waals surface area contributed by atoms with Crippen molar-refractivity contribution in [2.45, 2.75) is 25.9 Å². The maximum atomic E-state index is 13.7. The molecular formula is C18H19BrF2N2O. The van der Waals surface area contributed by atoms with Crippen molar-refractivity contribution in [2.24, 2.45) is 0 Å². The molecule has 0 aliphatic heterocycles. The molecule has 0 unspecified atom stereocenters. The molecule has 0 radical (unpaired) electrons. The van der Waals surface area contributed by atoms with Gasteiger partial charge in [0.1, 0.15) is 11.6 Å². The summed E-state index contributed by atoms with van der Waals surface area (Å²) in [4.78, 5) is 12.0. The Kier molecular flexibility index (Phi) is 6.45. The lowest BCUT2D eigenvalue weighted by Crippen LogP contribution is -2.36. The zero-order chi connectivity index (χ0) is 17.7. The number of nitrogens with one attached hydrogen (secondary N) is 2. The molecule has 2 N–H and O–H groups in total. The molecule has 0 saturated heterocycles. The van der Waals surface area contributed by atoms with Crippen LogP contribution in [0.2, 0.25) is 0 Å². The summed E-state index contributed by atoms with van der Waals surface area (Å²) in [5, 5.41) is 5.82. The van der Waals surface area contributed by atoms with E-state index in [1.807, 2.05) is 31.2 Å². The van der Waals surface area contributed by atoms with E-state index in [0.29, 0.717) is 5.56 Å². The van der Waals surface area contributed by atoms with E-state index in [2.05, 4.69) is 26.6 Å². The van der Waals surface area contributed by atoms with Gasteiger partial charge in [-0.15, -0.1) is 0 Å². The molecule has 2 rings (SSSR count). The largest absolute Gasteiger partial charge is 0.348 e. The normalized spacial score (nSPS) is 13.4. The molecule has 0 aliphatic rings. The van der Waals surface area contributed by atoms with Gasteiger partial charge in [-0.1, -0.05) is 34.1 Å². The fourth-order valence-electron chi connectivity index (χ4n) is 2.34. The first-order chi connectivity index (χ1) is 11.4. The third-order valence-electron chi connectivity index (χ3n) is 3.75. The number of amides is 1. The Morgan fingerprint density at radius 2 is 1.75 bits per heavy atom. The molecule has 0 fully saturated rings. The first-order valence-electron chi connectivity index (χ1n) is 7.60. The molecule has 0 aliphatic carbocycles. The minimum absolute atomic E-state index is 0.0405. The second-order valence-corrected chi connectivity index (χ2v) is 6.52. The van der Waals surface area contributed by atoms with Crippen molar-refractivity contribution < 1.29 is 13.6 Å². The van der Waals surface area contributed by atoms with Crippen molar-refractivity contribution >= 4 is 21.8 Å². The van der Waals surface area contributed by atoms with Crippen molar-refractivity contribution in [3.8, 4) is 0 Å². The van der Waals surface area contributed by atoms with Crippen LogP contribution in [-0.2, 0) is 4.79 Å². The molecule has 24 heavy (non-hydrogen) atoms. The molecule has 0 heterocycles. The maximum absolute atomic E-state index is 13.7. The Labute approximate surface area is 148 Å². The van der Waals surface area contributed by atoms with Crippen LogP contribution in [0.1, 0.15) is 37.1 Å². The van der Waals surface area contributed by atoms with E-state index in [4.69, 9.17) is 0 Å². The van der Waals surface area contributed by atoms with Crippen LogP contribution < -0.4 is 10.6 Å². The van der Waals surface area contributed by atoms with E-state index in [9.17, 15) is 13.6 Å². The van der Waals surface area contributed by atoms with Crippen LogP contribution in [0.3, 0.4) is 0 Å². The molecule has 1 amide bonds. The van der Waals surface area contributed by atoms with Gasteiger partial charge in [0.05, 0.1) is 12.6 Å². The van der Waals surface area contributed by atoms with Gasteiger partial charge in [-0.25, -0.2) is 8.78 Å². The number of hydrogen-bond donors (Lipinski definition) is 2. The average Bonchev–Trinajstić information content (AvgIpc) is 2.53. The molecule has 0 aromatic heterocycles. The lowest BCUT2D eigenvalue weighted by atomic mass is 10.1. The van der Waals surface area contributed by atoms with Gasteiger partial charge in [0, 0.05) is 22.1 Å². The number of halogens is 3. The molecule has 2 aromatic carbocycles. The molecule has 0 saturated carbocycles. The monoisotopic (exact) mass is 396 g/mol. The third kappa shape index (κ3) is 5.11. The zero-order valence-electron chi connectivity index (χ0n) is 13.4. The van der Waals surface area contributed by atoms with Gasteiger partial charge in [0.15, 0.2) is 0 Å². The SMILES string of the molecule is C[C@H](NC(=O)CN[C@@H](C)c1ccc(F)cc1F)c1ccc(Br)cc1. The zero-order valence-corrected chi connectivity index (χ0v) is 15.0. The summed E-state index contributed by atoms with van der Waals surface area (Å²) in [6.45, 7) is 3.66. The van der Waals surface area contributed by atoms with Crippen molar-refractivity contribution in [3.05, 3.63) is 69.7 Å². The lowest BCUT2D eigenvalue weighted by Gasteiger charge is -2.18. The summed E-state index contributed by atoms with van der Waals surface area (Å²) in [5.41, 5.74) is 1.31. The van der Waals surface area contributed by atoms with Gasteiger partial charge in [-0.2, -0.15) is 0 Å².